The largest absolute Gasteiger partial charge is 0.508 e. The van der Waals surface area contributed by atoms with Crippen LogP contribution < -0.4 is 10.6 Å². The summed E-state index contributed by atoms with van der Waals surface area (Å²) in [6.45, 7) is 4.88. The van der Waals surface area contributed by atoms with Crippen LogP contribution in [0.25, 0.3) is 10.8 Å². The average Bonchev–Trinajstić information content (AvgIpc) is 3.08. The first kappa shape index (κ1) is 19.2. The zero-order chi connectivity index (χ0) is 21.5. The van der Waals surface area contributed by atoms with E-state index in [4.69, 9.17) is 0 Å². The molecule has 3 aromatic carbocycles. The molecule has 0 radical (unpaired) electrons. The predicted octanol–water partition coefficient (Wildman–Crippen LogP) is 3.91. The van der Waals surface area contributed by atoms with Crippen LogP contribution in [-0.4, -0.2) is 27.9 Å². The highest BCUT2D eigenvalue weighted by Crippen LogP contribution is 2.30. The van der Waals surface area contributed by atoms with Crippen LogP contribution in [0.4, 0.5) is 5.69 Å². The normalized spacial score (nSPS) is 18.3. The van der Waals surface area contributed by atoms with Crippen LogP contribution in [0.2, 0.25) is 0 Å². The van der Waals surface area contributed by atoms with Gasteiger partial charge < -0.3 is 20.6 Å². The quantitative estimate of drug-likeness (QED) is 0.606. The van der Waals surface area contributed by atoms with E-state index in [2.05, 4.69) is 23.3 Å². The zero-order valence-electron chi connectivity index (χ0n) is 17.0. The summed E-state index contributed by atoms with van der Waals surface area (Å²) in [5, 5.41) is 17.9. The number of phenols is 1. The number of hydrogen-bond donors (Lipinski definition) is 3. The molecule has 1 atom stereocenters. The second-order valence-corrected chi connectivity index (χ2v) is 8.17. The minimum absolute atomic E-state index is 0.0907. The van der Waals surface area contributed by atoms with Gasteiger partial charge in [-0.3, -0.25) is 9.59 Å². The van der Waals surface area contributed by atoms with Gasteiger partial charge in [0.1, 0.15) is 11.8 Å². The second kappa shape index (κ2) is 7.47. The molecular formula is C25H23N3O3. The highest BCUT2D eigenvalue weighted by atomic mass is 16.3. The molecule has 0 aliphatic carbocycles. The van der Waals surface area contributed by atoms with Crippen molar-refractivity contribution < 1.29 is 14.7 Å². The van der Waals surface area contributed by atoms with Crippen molar-refractivity contribution in [2.24, 2.45) is 0 Å². The van der Waals surface area contributed by atoms with Crippen molar-refractivity contribution in [1.82, 2.24) is 10.2 Å². The molecule has 156 valence electrons. The molecule has 3 aromatic rings. The van der Waals surface area contributed by atoms with Crippen LogP contribution in [0.3, 0.4) is 0 Å². The fraction of sp³-hybridized carbons (Fsp3) is 0.200. The third-order valence-corrected chi connectivity index (χ3v) is 6.02. The highest BCUT2D eigenvalue weighted by Gasteiger charge is 2.38. The average molecular weight is 413 g/mol. The van der Waals surface area contributed by atoms with Crippen LogP contribution in [0.15, 0.2) is 66.9 Å². The molecule has 2 heterocycles. The van der Waals surface area contributed by atoms with Crippen molar-refractivity contribution in [2.75, 3.05) is 5.32 Å². The van der Waals surface area contributed by atoms with Gasteiger partial charge in [-0.25, -0.2) is 0 Å². The Morgan fingerprint density at radius 1 is 1.06 bits per heavy atom. The zero-order valence-corrected chi connectivity index (χ0v) is 17.0. The predicted molar refractivity (Wildman–Crippen MR) is 120 cm³/mol. The molecule has 2 aliphatic heterocycles. The molecule has 0 aromatic heterocycles. The summed E-state index contributed by atoms with van der Waals surface area (Å²) in [7, 11) is 0. The van der Waals surface area contributed by atoms with Gasteiger partial charge in [0.2, 0.25) is 5.91 Å². The molecular weight excluding hydrogens is 390 g/mol. The Bertz CT molecular complexity index is 1230. The van der Waals surface area contributed by atoms with E-state index in [0.29, 0.717) is 37.2 Å². The van der Waals surface area contributed by atoms with E-state index in [1.54, 1.807) is 17.0 Å². The second-order valence-electron chi connectivity index (χ2n) is 8.17. The van der Waals surface area contributed by atoms with Crippen molar-refractivity contribution in [3.63, 3.8) is 0 Å². The molecule has 2 aliphatic rings. The van der Waals surface area contributed by atoms with Crippen LogP contribution in [-0.2, 0) is 17.9 Å². The van der Waals surface area contributed by atoms with E-state index < -0.39 is 6.04 Å². The molecule has 0 bridgehead atoms. The third-order valence-electron chi connectivity index (χ3n) is 6.02. The first-order chi connectivity index (χ1) is 15.0. The maximum absolute atomic E-state index is 12.8. The van der Waals surface area contributed by atoms with Gasteiger partial charge in [-0.15, -0.1) is 0 Å². The minimum atomic E-state index is -0.446. The molecule has 1 saturated heterocycles. The van der Waals surface area contributed by atoms with Crippen LogP contribution in [0, 0.1) is 0 Å². The molecule has 5 rings (SSSR count). The van der Waals surface area contributed by atoms with Gasteiger partial charge in [-0.1, -0.05) is 24.8 Å². The van der Waals surface area contributed by atoms with Crippen molar-refractivity contribution in [3.8, 4) is 5.75 Å². The fourth-order valence-corrected chi connectivity index (χ4v) is 4.36. The lowest BCUT2D eigenvalue weighted by atomic mass is 10.0. The van der Waals surface area contributed by atoms with E-state index in [9.17, 15) is 14.7 Å². The highest BCUT2D eigenvalue weighted by molar-refractivity contribution is 6.01. The Kier molecular flexibility index (Phi) is 4.62. The SMILES string of the molecule is C=C1CCC(N2Cc3cc(NCc4ccc5cc(O)ccc5c4)ccc3C2=O)C(=O)N1. The Morgan fingerprint density at radius 3 is 2.71 bits per heavy atom. The van der Waals surface area contributed by atoms with Gasteiger partial charge in [0.25, 0.3) is 5.91 Å². The number of rotatable bonds is 4. The maximum atomic E-state index is 12.8. The van der Waals surface area contributed by atoms with Crippen molar-refractivity contribution in [1.29, 1.82) is 0 Å². The Labute approximate surface area is 180 Å². The smallest absolute Gasteiger partial charge is 0.255 e. The van der Waals surface area contributed by atoms with E-state index >= 15 is 0 Å². The fourth-order valence-electron chi connectivity index (χ4n) is 4.36. The molecule has 6 heteroatoms. The van der Waals surface area contributed by atoms with Gasteiger partial charge in [-0.05, 0) is 71.1 Å². The number of phenolic OH excluding ortho intramolecular Hbond substituents is 1. The van der Waals surface area contributed by atoms with E-state index in [0.717, 1.165) is 27.6 Å². The molecule has 0 saturated carbocycles. The van der Waals surface area contributed by atoms with Gasteiger partial charge in [-0.2, -0.15) is 0 Å². The van der Waals surface area contributed by atoms with Crippen molar-refractivity contribution in [2.45, 2.75) is 32.0 Å². The number of hydrogen-bond acceptors (Lipinski definition) is 4. The number of nitrogens with zero attached hydrogens (tertiary/aromatic N) is 1. The Balaban J connectivity index is 1.30. The third kappa shape index (κ3) is 3.61. The van der Waals surface area contributed by atoms with E-state index in [1.165, 1.54) is 0 Å². The van der Waals surface area contributed by atoms with E-state index in [-0.39, 0.29) is 17.6 Å². The molecule has 3 N–H and O–H groups in total. The number of fused-ring (bicyclic) bond motifs is 2. The standard InChI is InChI=1S/C25H23N3O3/c1-15-2-9-23(24(30)27-15)28-14-19-11-20(6-8-22(19)25(28)31)26-13-16-3-4-18-12-21(29)7-5-17(18)10-16/h3-8,10-12,23,26,29H,1-2,9,13-14H2,(H,27,30). The number of anilines is 1. The first-order valence-corrected chi connectivity index (χ1v) is 10.4. The Hall–Kier alpha value is -3.80. The summed E-state index contributed by atoms with van der Waals surface area (Å²) in [6, 6.07) is 16.7. The van der Waals surface area contributed by atoms with Crippen LogP contribution >= 0.6 is 0 Å². The topological polar surface area (TPSA) is 81.7 Å². The summed E-state index contributed by atoms with van der Waals surface area (Å²) in [6.07, 6.45) is 1.30. The number of amides is 2. The molecule has 2 amide bonds. The molecule has 6 nitrogen and oxygen atoms in total. The lowest BCUT2D eigenvalue weighted by Crippen LogP contribution is -2.49. The van der Waals surface area contributed by atoms with Gasteiger partial charge in [0.15, 0.2) is 0 Å². The van der Waals surface area contributed by atoms with Gasteiger partial charge in [0, 0.05) is 30.0 Å². The Morgan fingerprint density at radius 2 is 1.87 bits per heavy atom. The number of carbonyl (C=O) groups excluding carboxylic acids is 2. The van der Waals surface area contributed by atoms with Gasteiger partial charge in [0.05, 0.1) is 0 Å². The number of aromatic hydroxyl groups is 1. The number of piperidine rings is 1. The summed E-state index contributed by atoms with van der Waals surface area (Å²) < 4.78 is 0. The number of nitrogens with one attached hydrogen (secondary N) is 2. The number of benzene rings is 3. The first-order valence-electron chi connectivity index (χ1n) is 10.4. The van der Waals surface area contributed by atoms with Crippen molar-refractivity contribution >= 4 is 28.3 Å². The summed E-state index contributed by atoms with van der Waals surface area (Å²) >= 11 is 0. The number of carbonyl (C=O) groups is 2. The van der Waals surface area contributed by atoms with Crippen LogP contribution in [0.1, 0.15) is 34.3 Å². The minimum Gasteiger partial charge on any atom is -0.508 e. The lowest BCUT2D eigenvalue weighted by Gasteiger charge is -2.30. The molecule has 31 heavy (non-hydrogen) atoms. The molecule has 0 spiro atoms. The van der Waals surface area contributed by atoms with Crippen LogP contribution in [0.5, 0.6) is 5.75 Å². The summed E-state index contributed by atoms with van der Waals surface area (Å²) in [5.41, 5.74) is 4.35. The maximum Gasteiger partial charge on any atom is 0.255 e. The van der Waals surface area contributed by atoms with Gasteiger partial charge >= 0.3 is 0 Å². The van der Waals surface area contributed by atoms with E-state index in [1.807, 2.05) is 36.4 Å². The molecule has 1 fully saturated rings. The molecule has 1 unspecified atom stereocenters. The monoisotopic (exact) mass is 413 g/mol. The number of allylic oxidation sites excluding steroid dienone is 1. The lowest BCUT2D eigenvalue weighted by molar-refractivity contribution is -0.126. The summed E-state index contributed by atoms with van der Waals surface area (Å²) in [5.74, 6) is 0.0168. The van der Waals surface area contributed by atoms with Crippen molar-refractivity contribution in [3.05, 3.63) is 83.6 Å². The summed E-state index contributed by atoms with van der Waals surface area (Å²) in [4.78, 5) is 26.8.